The van der Waals surface area contributed by atoms with Crippen LogP contribution in [-0.2, 0) is 4.79 Å². The number of carbonyl (C=O) groups excluding carboxylic acids is 1. The van der Waals surface area contributed by atoms with Crippen LogP contribution < -0.4 is 0 Å². The van der Waals surface area contributed by atoms with Gasteiger partial charge in [-0.2, -0.15) is 0 Å². The van der Waals surface area contributed by atoms with Gasteiger partial charge in [-0.05, 0) is 56.2 Å². The molecule has 144 valence electrons. The van der Waals surface area contributed by atoms with Crippen LogP contribution in [0.1, 0.15) is 18.4 Å². The minimum absolute atomic E-state index is 0.129. The molecule has 1 aliphatic rings. The lowest BCUT2D eigenvalue weighted by molar-refractivity contribution is -0.127. The molecule has 28 heavy (non-hydrogen) atoms. The number of hydrogen-bond donors (Lipinski definition) is 0. The van der Waals surface area contributed by atoms with Gasteiger partial charge in [-0.1, -0.05) is 29.5 Å². The highest BCUT2D eigenvalue weighted by atomic mass is 32.2. The van der Waals surface area contributed by atoms with Crippen molar-refractivity contribution in [3.05, 3.63) is 59.9 Å². The van der Waals surface area contributed by atoms with Crippen molar-refractivity contribution in [1.29, 1.82) is 0 Å². The number of hydrogen-bond acceptors (Lipinski definition) is 4. The Bertz CT molecular complexity index is 963. The second-order valence-electron chi connectivity index (χ2n) is 6.86. The molecule has 2 heterocycles. The van der Waals surface area contributed by atoms with Crippen LogP contribution in [0, 0.1) is 12.7 Å². The summed E-state index contributed by atoms with van der Waals surface area (Å²) in [5.41, 5.74) is 2.83. The molecule has 1 amide bonds. The van der Waals surface area contributed by atoms with Crippen LogP contribution in [-0.4, -0.2) is 44.4 Å². The van der Waals surface area contributed by atoms with E-state index in [0.29, 0.717) is 16.7 Å². The van der Waals surface area contributed by atoms with Gasteiger partial charge in [0, 0.05) is 24.3 Å². The van der Waals surface area contributed by atoms with Crippen molar-refractivity contribution in [1.82, 2.24) is 19.7 Å². The topological polar surface area (TPSA) is 51.0 Å². The van der Waals surface area contributed by atoms with Gasteiger partial charge in [0.2, 0.25) is 5.91 Å². The molecule has 7 heteroatoms. The van der Waals surface area contributed by atoms with Crippen LogP contribution in [0.25, 0.3) is 17.1 Å². The quantitative estimate of drug-likeness (QED) is 0.610. The predicted octanol–water partition coefficient (Wildman–Crippen LogP) is 4.10. The number of thioether (sulfide) groups is 1. The Morgan fingerprint density at radius 3 is 2.39 bits per heavy atom. The molecule has 0 atom stereocenters. The van der Waals surface area contributed by atoms with Crippen molar-refractivity contribution in [3.8, 4) is 17.1 Å². The zero-order valence-corrected chi connectivity index (χ0v) is 16.5. The van der Waals surface area contributed by atoms with E-state index in [1.54, 1.807) is 12.1 Å². The number of amides is 1. The first-order valence-corrected chi connectivity index (χ1v) is 10.3. The summed E-state index contributed by atoms with van der Waals surface area (Å²) in [5, 5.41) is 9.31. The van der Waals surface area contributed by atoms with Crippen molar-refractivity contribution in [2.24, 2.45) is 0 Å². The number of aromatic nitrogens is 3. The van der Waals surface area contributed by atoms with Crippen LogP contribution in [0.15, 0.2) is 53.7 Å². The molecule has 0 saturated carbocycles. The molecule has 4 rings (SSSR count). The summed E-state index contributed by atoms with van der Waals surface area (Å²) in [7, 11) is 0. The van der Waals surface area contributed by atoms with Crippen molar-refractivity contribution in [3.63, 3.8) is 0 Å². The van der Waals surface area contributed by atoms with Crippen LogP contribution in [0.2, 0.25) is 0 Å². The molecule has 1 saturated heterocycles. The van der Waals surface area contributed by atoms with E-state index in [4.69, 9.17) is 0 Å². The van der Waals surface area contributed by atoms with Gasteiger partial charge in [0.15, 0.2) is 11.0 Å². The number of carbonyl (C=O) groups is 1. The van der Waals surface area contributed by atoms with Gasteiger partial charge >= 0.3 is 0 Å². The van der Waals surface area contributed by atoms with Crippen molar-refractivity contribution < 1.29 is 9.18 Å². The monoisotopic (exact) mass is 396 g/mol. The van der Waals surface area contributed by atoms with Crippen LogP contribution in [0.4, 0.5) is 4.39 Å². The van der Waals surface area contributed by atoms with Gasteiger partial charge in [-0.15, -0.1) is 10.2 Å². The molecule has 1 aromatic heterocycles. The molecular formula is C21H21FN4OS. The Labute approximate surface area is 167 Å². The molecule has 0 N–H and O–H groups in total. The largest absolute Gasteiger partial charge is 0.342 e. The molecule has 0 radical (unpaired) electrons. The fourth-order valence-corrected chi connectivity index (χ4v) is 4.11. The zero-order valence-electron chi connectivity index (χ0n) is 15.6. The van der Waals surface area contributed by atoms with E-state index in [0.717, 1.165) is 42.7 Å². The lowest BCUT2D eigenvalue weighted by Gasteiger charge is -2.15. The van der Waals surface area contributed by atoms with Gasteiger partial charge in [0.25, 0.3) is 0 Å². The number of halogens is 1. The maximum Gasteiger partial charge on any atom is 0.233 e. The Balaban J connectivity index is 1.66. The van der Waals surface area contributed by atoms with E-state index < -0.39 is 0 Å². The Hall–Kier alpha value is -2.67. The average Bonchev–Trinajstić information content (AvgIpc) is 3.38. The summed E-state index contributed by atoms with van der Waals surface area (Å²) in [5.74, 6) is 0.785. The highest BCUT2D eigenvalue weighted by Gasteiger charge is 2.21. The normalized spacial score (nSPS) is 13.9. The first kappa shape index (κ1) is 18.7. The summed E-state index contributed by atoms with van der Waals surface area (Å²) in [6.07, 6.45) is 2.15. The minimum atomic E-state index is -0.295. The van der Waals surface area contributed by atoms with E-state index in [1.165, 1.54) is 23.9 Å². The summed E-state index contributed by atoms with van der Waals surface area (Å²) in [6, 6.07) is 14.2. The van der Waals surface area contributed by atoms with Gasteiger partial charge in [-0.25, -0.2) is 4.39 Å². The number of aryl methyl sites for hydroxylation is 1. The van der Waals surface area contributed by atoms with Gasteiger partial charge in [0.05, 0.1) is 5.75 Å². The SMILES string of the molecule is Cc1ccc(-n2c(SCC(=O)N3CCCC3)nnc2-c2ccc(F)cc2)cc1. The Morgan fingerprint density at radius 1 is 1.04 bits per heavy atom. The first-order valence-electron chi connectivity index (χ1n) is 9.31. The zero-order chi connectivity index (χ0) is 19.5. The van der Waals surface area contributed by atoms with E-state index in [-0.39, 0.29) is 11.7 Å². The molecule has 1 fully saturated rings. The number of nitrogens with zero attached hydrogens (tertiary/aromatic N) is 4. The van der Waals surface area contributed by atoms with E-state index in [9.17, 15) is 9.18 Å². The molecule has 0 spiro atoms. The maximum absolute atomic E-state index is 13.3. The Morgan fingerprint density at radius 2 is 1.71 bits per heavy atom. The predicted molar refractivity (Wildman–Crippen MR) is 108 cm³/mol. The molecule has 0 aliphatic carbocycles. The lowest BCUT2D eigenvalue weighted by atomic mass is 10.2. The minimum Gasteiger partial charge on any atom is -0.342 e. The molecule has 3 aromatic rings. The van der Waals surface area contributed by atoms with Crippen molar-refractivity contribution >= 4 is 17.7 Å². The van der Waals surface area contributed by atoms with Crippen LogP contribution in [0.3, 0.4) is 0 Å². The van der Waals surface area contributed by atoms with Gasteiger partial charge < -0.3 is 4.90 Å². The first-order chi connectivity index (χ1) is 13.6. The maximum atomic E-state index is 13.3. The molecule has 2 aromatic carbocycles. The third-order valence-electron chi connectivity index (χ3n) is 4.81. The average molecular weight is 396 g/mol. The van der Waals surface area contributed by atoms with Gasteiger partial charge in [0.1, 0.15) is 5.82 Å². The van der Waals surface area contributed by atoms with Gasteiger partial charge in [-0.3, -0.25) is 9.36 Å². The van der Waals surface area contributed by atoms with E-state index >= 15 is 0 Å². The number of likely N-dealkylation sites (tertiary alicyclic amines) is 1. The third-order valence-corrected chi connectivity index (χ3v) is 5.73. The van der Waals surface area contributed by atoms with Crippen LogP contribution >= 0.6 is 11.8 Å². The van der Waals surface area contributed by atoms with Crippen molar-refractivity contribution in [2.75, 3.05) is 18.8 Å². The highest BCUT2D eigenvalue weighted by molar-refractivity contribution is 7.99. The smallest absolute Gasteiger partial charge is 0.233 e. The molecule has 5 nitrogen and oxygen atoms in total. The molecule has 0 unspecified atom stereocenters. The summed E-state index contributed by atoms with van der Waals surface area (Å²) < 4.78 is 15.3. The molecule has 1 aliphatic heterocycles. The van der Waals surface area contributed by atoms with E-state index in [2.05, 4.69) is 10.2 Å². The number of benzene rings is 2. The second kappa shape index (κ2) is 8.14. The second-order valence-corrected chi connectivity index (χ2v) is 7.80. The highest BCUT2D eigenvalue weighted by Crippen LogP contribution is 2.28. The number of rotatable bonds is 5. The lowest BCUT2D eigenvalue weighted by Crippen LogP contribution is -2.29. The molecule has 0 bridgehead atoms. The fraction of sp³-hybridized carbons (Fsp3) is 0.286. The summed E-state index contributed by atoms with van der Waals surface area (Å²) in [6.45, 7) is 3.71. The van der Waals surface area contributed by atoms with Crippen molar-refractivity contribution in [2.45, 2.75) is 24.9 Å². The summed E-state index contributed by atoms with van der Waals surface area (Å²) in [4.78, 5) is 14.3. The summed E-state index contributed by atoms with van der Waals surface area (Å²) >= 11 is 1.38. The fourth-order valence-electron chi connectivity index (χ4n) is 3.26. The third kappa shape index (κ3) is 3.94. The van der Waals surface area contributed by atoms with E-state index in [1.807, 2.05) is 40.7 Å². The molecular weight excluding hydrogens is 375 g/mol. The Kier molecular flexibility index (Phi) is 5.43. The standard InChI is InChI=1S/C21H21FN4OS/c1-15-4-10-18(11-5-15)26-20(16-6-8-17(22)9-7-16)23-24-21(26)28-14-19(27)25-12-2-3-13-25/h4-11H,2-3,12-14H2,1H3. The van der Waals surface area contributed by atoms with Crippen LogP contribution in [0.5, 0.6) is 0 Å².